The van der Waals surface area contributed by atoms with E-state index in [1.807, 2.05) is 18.2 Å². The molecule has 2 aromatic carbocycles. The number of likely N-dealkylation sites (tertiary alicyclic amines) is 1. The van der Waals surface area contributed by atoms with E-state index in [9.17, 15) is 4.39 Å². The average Bonchev–Trinajstić information content (AvgIpc) is 2.53. The molecule has 0 N–H and O–H groups in total. The largest absolute Gasteiger partial charge is 0.492 e. The van der Waals surface area contributed by atoms with Crippen LogP contribution in [0.5, 0.6) is 11.5 Å². The zero-order chi connectivity index (χ0) is 16.5. The minimum Gasteiger partial charge on any atom is -0.492 e. The fourth-order valence-corrected chi connectivity index (χ4v) is 3.41. The van der Waals surface area contributed by atoms with Crippen LogP contribution in [0.2, 0.25) is 5.02 Å². The van der Waals surface area contributed by atoms with E-state index in [0.29, 0.717) is 22.4 Å². The number of halogens is 2. The van der Waals surface area contributed by atoms with Gasteiger partial charge in [0.25, 0.3) is 0 Å². The van der Waals surface area contributed by atoms with E-state index >= 15 is 0 Å². The van der Waals surface area contributed by atoms with E-state index in [-0.39, 0.29) is 12.4 Å². The van der Waals surface area contributed by atoms with E-state index < -0.39 is 0 Å². The zero-order valence-electron chi connectivity index (χ0n) is 13.3. The molecule has 2 aliphatic heterocycles. The van der Waals surface area contributed by atoms with E-state index in [0.717, 1.165) is 18.8 Å². The lowest BCUT2D eigenvalue weighted by atomic mass is 9.99. The highest BCUT2D eigenvalue weighted by atomic mass is 35.5. The van der Waals surface area contributed by atoms with Crippen molar-refractivity contribution < 1.29 is 13.9 Å². The maximum Gasteiger partial charge on any atom is 0.131 e. The maximum atomic E-state index is 13.8. The topological polar surface area (TPSA) is 21.7 Å². The minimum absolute atomic E-state index is 0.0979. The molecule has 1 fully saturated rings. The lowest BCUT2D eigenvalue weighted by molar-refractivity contribution is 0.0691. The van der Waals surface area contributed by atoms with Gasteiger partial charge in [-0.1, -0.05) is 23.7 Å². The molecule has 126 valence electrons. The molecule has 3 nitrogen and oxygen atoms in total. The summed E-state index contributed by atoms with van der Waals surface area (Å²) in [6, 6.07) is 11.0. The number of benzene rings is 2. The van der Waals surface area contributed by atoms with Gasteiger partial charge < -0.3 is 9.47 Å². The van der Waals surface area contributed by atoms with E-state index in [1.165, 1.54) is 31.1 Å². The Morgan fingerprint density at radius 1 is 1.25 bits per heavy atom. The van der Waals surface area contributed by atoms with Crippen LogP contribution in [0.25, 0.3) is 0 Å². The highest BCUT2D eigenvalue weighted by Gasteiger charge is 2.28. The Kier molecular flexibility index (Phi) is 4.33. The second-order valence-electron chi connectivity index (χ2n) is 6.32. The Hall–Kier alpha value is -1.78. The summed E-state index contributed by atoms with van der Waals surface area (Å²) < 4.78 is 25.4. The van der Waals surface area contributed by atoms with Gasteiger partial charge in [0.15, 0.2) is 0 Å². The van der Waals surface area contributed by atoms with Gasteiger partial charge in [-0.2, -0.15) is 0 Å². The molecule has 0 radical (unpaired) electrons. The summed E-state index contributed by atoms with van der Waals surface area (Å²) in [5, 5.41) is 0.376. The molecule has 5 heteroatoms. The first-order valence-electron chi connectivity index (χ1n) is 8.26. The van der Waals surface area contributed by atoms with Crippen molar-refractivity contribution in [3.63, 3.8) is 0 Å². The van der Waals surface area contributed by atoms with Crippen molar-refractivity contribution in [3.05, 3.63) is 58.4 Å². The molecule has 0 spiro atoms. The second-order valence-corrected chi connectivity index (χ2v) is 6.72. The third-order valence-corrected chi connectivity index (χ3v) is 5.13. The van der Waals surface area contributed by atoms with Crippen LogP contribution in [0.4, 0.5) is 4.39 Å². The van der Waals surface area contributed by atoms with Crippen LogP contribution in [0.1, 0.15) is 17.5 Å². The first kappa shape index (κ1) is 15.7. The Balaban J connectivity index is 1.44. The Morgan fingerprint density at radius 3 is 2.88 bits per heavy atom. The summed E-state index contributed by atoms with van der Waals surface area (Å²) in [5.74, 6) is 1.17. The summed E-state index contributed by atoms with van der Waals surface area (Å²) in [5.41, 5.74) is 1.57. The molecule has 4 rings (SSSR count). The number of rotatable bonds is 4. The minimum atomic E-state index is -0.353. The van der Waals surface area contributed by atoms with Crippen molar-refractivity contribution in [3.8, 4) is 11.5 Å². The molecule has 0 amide bonds. The SMILES string of the molecule is Fc1cccc(Cl)c1COc1ccc2c(c1)OCC(N1CCC1)C2. The third-order valence-electron chi connectivity index (χ3n) is 4.78. The maximum absolute atomic E-state index is 13.8. The molecular weight excluding hydrogens is 329 g/mol. The van der Waals surface area contributed by atoms with Gasteiger partial charge in [0.2, 0.25) is 0 Å². The molecule has 2 aromatic rings. The van der Waals surface area contributed by atoms with Crippen molar-refractivity contribution in [1.29, 1.82) is 0 Å². The zero-order valence-corrected chi connectivity index (χ0v) is 14.1. The molecule has 2 aliphatic rings. The van der Waals surface area contributed by atoms with Crippen LogP contribution in [-0.4, -0.2) is 30.6 Å². The van der Waals surface area contributed by atoms with Crippen LogP contribution in [0.15, 0.2) is 36.4 Å². The van der Waals surface area contributed by atoms with Crippen molar-refractivity contribution in [2.75, 3.05) is 19.7 Å². The second kappa shape index (κ2) is 6.61. The summed E-state index contributed by atoms with van der Waals surface area (Å²) in [4.78, 5) is 2.47. The molecule has 0 saturated carbocycles. The first-order chi connectivity index (χ1) is 11.7. The molecule has 0 aromatic heterocycles. The molecule has 0 bridgehead atoms. The fraction of sp³-hybridized carbons (Fsp3) is 0.368. The number of fused-ring (bicyclic) bond motifs is 1. The number of hydrogen-bond donors (Lipinski definition) is 0. The van der Waals surface area contributed by atoms with Crippen molar-refractivity contribution in [1.82, 2.24) is 4.90 Å². The van der Waals surface area contributed by atoms with E-state index in [1.54, 1.807) is 12.1 Å². The Bertz CT molecular complexity index is 728. The van der Waals surface area contributed by atoms with Gasteiger partial charge in [0.1, 0.15) is 30.5 Å². The fourth-order valence-electron chi connectivity index (χ4n) is 3.19. The van der Waals surface area contributed by atoms with Gasteiger partial charge in [-0.05, 0) is 49.7 Å². The van der Waals surface area contributed by atoms with Gasteiger partial charge in [0.05, 0.1) is 5.02 Å². The summed E-state index contributed by atoms with van der Waals surface area (Å²) in [7, 11) is 0. The highest BCUT2D eigenvalue weighted by molar-refractivity contribution is 6.31. The van der Waals surface area contributed by atoms with Crippen LogP contribution in [0.3, 0.4) is 0 Å². The summed E-state index contributed by atoms with van der Waals surface area (Å²) in [6.45, 7) is 3.16. The van der Waals surface area contributed by atoms with E-state index in [4.69, 9.17) is 21.1 Å². The summed E-state index contributed by atoms with van der Waals surface area (Å²) in [6.07, 6.45) is 2.30. The molecule has 1 atom stereocenters. The Labute approximate surface area is 145 Å². The molecule has 1 saturated heterocycles. The van der Waals surface area contributed by atoms with Crippen LogP contribution in [-0.2, 0) is 13.0 Å². The van der Waals surface area contributed by atoms with Gasteiger partial charge in [-0.15, -0.1) is 0 Å². The normalized spacial score (nSPS) is 20.0. The lowest BCUT2D eigenvalue weighted by Crippen LogP contribution is -2.50. The van der Waals surface area contributed by atoms with Crippen LogP contribution >= 0.6 is 11.6 Å². The molecule has 1 unspecified atom stereocenters. The number of ether oxygens (including phenoxy) is 2. The van der Waals surface area contributed by atoms with Gasteiger partial charge in [0, 0.05) is 17.7 Å². The van der Waals surface area contributed by atoms with Gasteiger partial charge >= 0.3 is 0 Å². The lowest BCUT2D eigenvalue weighted by Gasteiger charge is -2.40. The predicted octanol–water partition coefficient (Wildman–Crippen LogP) is 4.07. The number of nitrogens with zero attached hydrogens (tertiary/aromatic N) is 1. The first-order valence-corrected chi connectivity index (χ1v) is 8.64. The molecule has 0 aliphatic carbocycles. The molecular formula is C19H19ClFNO2. The Morgan fingerprint density at radius 2 is 2.12 bits per heavy atom. The summed E-state index contributed by atoms with van der Waals surface area (Å²) >= 11 is 6.03. The van der Waals surface area contributed by atoms with Gasteiger partial charge in [-0.3, -0.25) is 4.90 Å². The standard InChI is InChI=1S/C19H19ClFNO2/c20-17-3-1-4-18(21)16(17)12-23-15-6-5-13-9-14(22-7-2-8-22)11-24-19(13)10-15/h1,3-6,10,14H,2,7-9,11-12H2. The van der Waals surface area contributed by atoms with Crippen molar-refractivity contribution in [2.24, 2.45) is 0 Å². The van der Waals surface area contributed by atoms with Crippen molar-refractivity contribution in [2.45, 2.75) is 25.5 Å². The van der Waals surface area contributed by atoms with Gasteiger partial charge in [-0.25, -0.2) is 4.39 Å². The smallest absolute Gasteiger partial charge is 0.131 e. The third kappa shape index (κ3) is 3.08. The average molecular weight is 348 g/mol. The molecule has 24 heavy (non-hydrogen) atoms. The monoisotopic (exact) mass is 347 g/mol. The van der Waals surface area contributed by atoms with Crippen molar-refractivity contribution >= 4 is 11.6 Å². The highest BCUT2D eigenvalue weighted by Crippen LogP contribution is 2.32. The quantitative estimate of drug-likeness (QED) is 0.832. The molecule has 2 heterocycles. The van der Waals surface area contributed by atoms with Crippen LogP contribution in [0, 0.1) is 5.82 Å². The predicted molar refractivity (Wildman–Crippen MR) is 91.4 cm³/mol. The van der Waals surface area contributed by atoms with E-state index in [2.05, 4.69) is 4.90 Å². The van der Waals surface area contributed by atoms with Crippen LogP contribution < -0.4 is 9.47 Å². The number of hydrogen-bond acceptors (Lipinski definition) is 3.